The SMILES string of the molecule is CN(Cc1ccccc1)C(=O)C1=NCc2ncnc(N[C@@H]3CC[C@@H](O)[C@H]3O)c21. The van der Waals surface area contributed by atoms with Crippen LogP contribution in [0.3, 0.4) is 0 Å². The third-order valence-corrected chi connectivity index (χ3v) is 5.26. The summed E-state index contributed by atoms with van der Waals surface area (Å²) in [4.78, 5) is 27.6. The van der Waals surface area contributed by atoms with Gasteiger partial charge in [-0.15, -0.1) is 0 Å². The van der Waals surface area contributed by atoms with E-state index in [1.54, 1.807) is 11.9 Å². The van der Waals surface area contributed by atoms with Crippen molar-refractivity contribution in [3.05, 3.63) is 53.5 Å². The van der Waals surface area contributed by atoms with Gasteiger partial charge in [0.2, 0.25) is 0 Å². The van der Waals surface area contributed by atoms with Gasteiger partial charge >= 0.3 is 0 Å². The lowest BCUT2D eigenvalue weighted by molar-refractivity contribution is -0.123. The Bertz CT molecular complexity index is 902. The predicted octanol–water partition coefficient (Wildman–Crippen LogP) is 0.734. The molecule has 3 atom stereocenters. The molecule has 1 aliphatic carbocycles. The van der Waals surface area contributed by atoms with Crippen LogP contribution in [0.15, 0.2) is 41.7 Å². The van der Waals surface area contributed by atoms with Crippen LogP contribution in [0.25, 0.3) is 0 Å². The lowest BCUT2D eigenvalue weighted by Crippen LogP contribution is -2.36. The first kappa shape index (κ1) is 18.5. The number of hydrogen-bond acceptors (Lipinski definition) is 7. The van der Waals surface area contributed by atoms with Crippen molar-refractivity contribution in [2.45, 2.75) is 44.2 Å². The quantitative estimate of drug-likeness (QED) is 0.704. The van der Waals surface area contributed by atoms with E-state index in [0.717, 1.165) is 5.56 Å². The topological polar surface area (TPSA) is 111 Å². The third kappa shape index (κ3) is 3.48. The standard InChI is InChI=1S/C20H23N5O3/c1-25(10-12-5-3-2-4-6-12)20(28)17-16-14(9-21-17)22-11-23-19(16)24-13-7-8-15(26)18(13)27/h2-6,11,13,15,18,26-27H,7-10H2,1H3,(H,22,23,24)/t13-,15-,18+/m1/s1. The number of likely N-dealkylation sites (N-methyl/N-ethyl adjacent to an activating group) is 1. The van der Waals surface area contributed by atoms with Crippen molar-refractivity contribution in [1.29, 1.82) is 0 Å². The number of carbonyl (C=O) groups is 1. The predicted molar refractivity (Wildman–Crippen MR) is 104 cm³/mol. The number of nitrogens with zero attached hydrogens (tertiary/aromatic N) is 4. The van der Waals surface area contributed by atoms with Crippen LogP contribution in [0.5, 0.6) is 0 Å². The number of fused-ring (bicyclic) bond motifs is 1. The zero-order valence-corrected chi connectivity index (χ0v) is 15.6. The number of anilines is 1. The molecule has 146 valence electrons. The van der Waals surface area contributed by atoms with Crippen molar-refractivity contribution in [3.63, 3.8) is 0 Å². The Balaban J connectivity index is 1.55. The second-order valence-corrected chi connectivity index (χ2v) is 7.24. The van der Waals surface area contributed by atoms with Crippen molar-refractivity contribution in [2.75, 3.05) is 12.4 Å². The van der Waals surface area contributed by atoms with E-state index in [-0.39, 0.29) is 11.9 Å². The van der Waals surface area contributed by atoms with Gasteiger partial charge in [0.1, 0.15) is 17.9 Å². The number of aliphatic imine (C=N–C) groups is 1. The van der Waals surface area contributed by atoms with E-state index in [2.05, 4.69) is 20.3 Å². The minimum absolute atomic E-state index is 0.201. The summed E-state index contributed by atoms with van der Waals surface area (Å²) in [7, 11) is 1.74. The molecule has 2 aliphatic rings. The first-order chi connectivity index (χ1) is 13.5. The van der Waals surface area contributed by atoms with Gasteiger partial charge in [-0.3, -0.25) is 9.79 Å². The van der Waals surface area contributed by atoms with Gasteiger partial charge in [0, 0.05) is 13.6 Å². The molecule has 1 aliphatic heterocycles. The molecule has 4 rings (SSSR count). The van der Waals surface area contributed by atoms with Gasteiger partial charge in [-0.2, -0.15) is 0 Å². The zero-order chi connectivity index (χ0) is 19.7. The lowest BCUT2D eigenvalue weighted by Gasteiger charge is -2.21. The Kier molecular flexibility index (Phi) is 5.06. The fraction of sp³-hybridized carbons (Fsp3) is 0.400. The summed E-state index contributed by atoms with van der Waals surface area (Å²) in [6.07, 6.45) is 0.944. The highest BCUT2D eigenvalue weighted by atomic mass is 16.3. The van der Waals surface area contributed by atoms with Gasteiger partial charge in [-0.25, -0.2) is 9.97 Å². The number of nitrogens with one attached hydrogen (secondary N) is 1. The van der Waals surface area contributed by atoms with E-state index in [9.17, 15) is 15.0 Å². The number of aliphatic hydroxyl groups excluding tert-OH is 2. The normalized spacial score (nSPS) is 23.2. The van der Waals surface area contributed by atoms with Crippen LogP contribution < -0.4 is 5.32 Å². The molecule has 0 bridgehead atoms. The lowest BCUT2D eigenvalue weighted by atomic mass is 10.1. The maximum absolute atomic E-state index is 13.0. The minimum Gasteiger partial charge on any atom is -0.390 e. The molecule has 8 heteroatoms. The van der Waals surface area contributed by atoms with Crippen LogP contribution in [0.4, 0.5) is 5.82 Å². The first-order valence-electron chi connectivity index (χ1n) is 9.35. The highest BCUT2D eigenvalue weighted by molar-refractivity contribution is 6.47. The van der Waals surface area contributed by atoms with E-state index in [4.69, 9.17) is 0 Å². The summed E-state index contributed by atoms with van der Waals surface area (Å²) in [5.74, 6) is 0.272. The van der Waals surface area contributed by atoms with Gasteiger partial charge in [0.05, 0.1) is 36.1 Å². The first-order valence-corrected chi connectivity index (χ1v) is 9.35. The molecule has 2 heterocycles. The Morgan fingerprint density at radius 2 is 2.00 bits per heavy atom. The number of rotatable bonds is 5. The molecule has 0 unspecified atom stereocenters. The molecule has 2 aromatic rings. The monoisotopic (exact) mass is 381 g/mol. The largest absolute Gasteiger partial charge is 0.390 e. The molecule has 3 N–H and O–H groups in total. The number of hydrogen-bond donors (Lipinski definition) is 3. The number of aliphatic hydroxyl groups is 2. The van der Waals surface area contributed by atoms with Crippen LogP contribution in [-0.4, -0.2) is 62.0 Å². The van der Waals surface area contributed by atoms with Gasteiger partial charge in [-0.05, 0) is 18.4 Å². The Labute approximate surface area is 163 Å². The zero-order valence-electron chi connectivity index (χ0n) is 15.6. The highest BCUT2D eigenvalue weighted by Gasteiger charge is 2.36. The van der Waals surface area contributed by atoms with Crippen LogP contribution in [0.1, 0.15) is 29.7 Å². The minimum atomic E-state index is -0.871. The van der Waals surface area contributed by atoms with Gasteiger partial charge in [0.25, 0.3) is 5.91 Å². The molecule has 0 spiro atoms. The number of carbonyl (C=O) groups excluding carboxylic acids is 1. The maximum Gasteiger partial charge on any atom is 0.272 e. The van der Waals surface area contributed by atoms with E-state index >= 15 is 0 Å². The molecule has 0 radical (unpaired) electrons. The summed E-state index contributed by atoms with van der Waals surface area (Å²) in [6, 6.07) is 9.42. The van der Waals surface area contributed by atoms with Gasteiger partial charge in [0.15, 0.2) is 0 Å². The second-order valence-electron chi connectivity index (χ2n) is 7.24. The van der Waals surface area contributed by atoms with Crippen LogP contribution in [0.2, 0.25) is 0 Å². The fourth-order valence-electron chi connectivity index (χ4n) is 3.71. The van der Waals surface area contributed by atoms with E-state index in [1.807, 2.05) is 30.3 Å². The fourth-order valence-corrected chi connectivity index (χ4v) is 3.71. The summed E-state index contributed by atoms with van der Waals surface area (Å²) in [6.45, 7) is 0.792. The summed E-state index contributed by atoms with van der Waals surface area (Å²) in [5, 5.41) is 23.1. The summed E-state index contributed by atoms with van der Waals surface area (Å²) >= 11 is 0. The average Bonchev–Trinajstić information content (AvgIpc) is 3.27. The van der Waals surface area contributed by atoms with Gasteiger partial charge in [-0.1, -0.05) is 30.3 Å². The van der Waals surface area contributed by atoms with Crippen molar-refractivity contribution in [1.82, 2.24) is 14.9 Å². The Hall–Kier alpha value is -2.84. The molecule has 28 heavy (non-hydrogen) atoms. The molecule has 8 nitrogen and oxygen atoms in total. The van der Waals surface area contributed by atoms with Crippen molar-refractivity contribution < 1.29 is 15.0 Å². The maximum atomic E-state index is 13.0. The van der Waals surface area contributed by atoms with Crippen molar-refractivity contribution in [2.24, 2.45) is 4.99 Å². The molecular formula is C20H23N5O3. The Morgan fingerprint density at radius 1 is 1.21 bits per heavy atom. The molecule has 1 saturated carbocycles. The van der Waals surface area contributed by atoms with Gasteiger partial charge < -0.3 is 20.4 Å². The third-order valence-electron chi connectivity index (χ3n) is 5.26. The molecular weight excluding hydrogens is 358 g/mol. The van der Waals surface area contributed by atoms with E-state index < -0.39 is 12.2 Å². The number of amides is 1. The summed E-state index contributed by atoms with van der Waals surface area (Å²) in [5.41, 5.74) is 2.62. The van der Waals surface area contributed by atoms with Crippen molar-refractivity contribution in [3.8, 4) is 0 Å². The average molecular weight is 381 g/mol. The molecule has 1 aromatic carbocycles. The highest BCUT2D eigenvalue weighted by Crippen LogP contribution is 2.28. The van der Waals surface area contributed by atoms with E-state index in [0.29, 0.717) is 48.7 Å². The molecule has 0 saturated heterocycles. The Morgan fingerprint density at radius 3 is 2.71 bits per heavy atom. The summed E-state index contributed by atoms with van der Waals surface area (Å²) < 4.78 is 0. The number of aromatic nitrogens is 2. The van der Waals surface area contributed by atoms with Crippen molar-refractivity contribution >= 4 is 17.4 Å². The van der Waals surface area contributed by atoms with E-state index in [1.165, 1.54) is 6.33 Å². The second kappa shape index (κ2) is 7.65. The van der Waals surface area contributed by atoms with Crippen LogP contribution in [-0.2, 0) is 17.9 Å². The molecule has 1 fully saturated rings. The molecule has 1 aromatic heterocycles. The van der Waals surface area contributed by atoms with Crippen LogP contribution in [0, 0.1) is 0 Å². The van der Waals surface area contributed by atoms with Crippen LogP contribution >= 0.6 is 0 Å². The number of benzene rings is 1. The molecule has 1 amide bonds. The smallest absolute Gasteiger partial charge is 0.272 e.